The van der Waals surface area contributed by atoms with Gasteiger partial charge in [-0.2, -0.15) is 0 Å². The summed E-state index contributed by atoms with van der Waals surface area (Å²) in [7, 11) is 1.57. The van der Waals surface area contributed by atoms with E-state index >= 15 is 0 Å². The summed E-state index contributed by atoms with van der Waals surface area (Å²) in [5.41, 5.74) is -0.463. The zero-order chi connectivity index (χ0) is 24.7. The van der Waals surface area contributed by atoms with Gasteiger partial charge in [0.2, 0.25) is 5.91 Å². The van der Waals surface area contributed by atoms with Gasteiger partial charge >= 0.3 is 11.8 Å². The lowest BCUT2D eigenvalue weighted by atomic mass is 10.2. The van der Waals surface area contributed by atoms with E-state index in [9.17, 15) is 19.2 Å². The van der Waals surface area contributed by atoms with Crippen LogP contribution in [0.5, 0.6) is 0 Å². The molecule has 1 atom stereocenters. The predicted octanol–water partition coefficient (Wildman–Crippen LogP) is 1.41. The Morgan fingerprint density at radius 1 is 1.23 bits per heavy atom. The number of rotatable bonds is 6. The van der Waals surface area contributed by atoms with Crippen molar-refractivity contribution >= 4 is 57.9 Å². The van der Waals surface area contributed by atoms with E-state index in [2.05, 4.69) is 15.6 Å². The molecular weight excluding hydrogens is 496 g/mol. The van der Waals surface area contributed by atoms with Crippen LogP contribution >= 0.6 is 23.4 Å². The van der Waals surface area contributed by atoms with E-state index in [1.54, 1.807) is 31.3 Å². The third-order valence-corrected chi connectivity index (χ3v) is 7.16. The number of carbonyl (C=O) groups is 2. The van der Waals surface area contributed by atoms with Gasteiger partial charge in [0.25, 0.3) is 5.56 Å². The second-order valence-corrected chi connectivity index (χ2v) is 9.53. The average Bonchev–Trinajstić information content (AvgIpc) is 3.21. The van der Waals surface area contributed by atoms with Crippen LogP contribution in [-0.2, 0) is 23.1 Å². The molecule has 2 aliphatic heterocycles. The molecular formula is C22H21ClN6O5S. The lowest BCUT2D eigenvalue weighted by Gasteiger charge is -2.18. The molecule has 13 heteroatoms. The van der Waals surface area contributed by atoms with Crippen LogP contribution in [0.2, 0.25) is 5.02 Å². The van der Waals surface area contributed by atoms with Crippen LogP contribution < -0.4 is 26.8 Å². The number of hydrogen-bond acceptors (Lipinski definition) is 8. The molecule has 3 aromatic rings. The maximum atomic E-state index is 12.8. The van der Waals surface area contributed by atoms with Gasteiger partial charge in [-0.1, -0.05) is 17.7 Å². The number of carbonyl (C=O) groups excluding carboxylic acids is 2. The van der Waals surface area contributed by atoms with E-state index in [1.165, 1.54) is 21.2 Å². The molecule has 182 valence electrons. The molecule has 2 N–H and O–H groups in total. The first-order valence-electron chi connectivity index (χ1n) is 10.8. The first-order chi connectivity index (χ1) is 16.8. The number of fused-ring (bicyclic) bond motifs is 2. The second kappa shape index (κ2) is 9.36. The highest BCUT2D eigenvalue weighted by molar-refractivity contribution is 8.00. The Bertz CT molecular complexity index is 1470. The maximum absolute atomic E-state index is 12.8. The molecule has 5 rings (SSSR count). The van der Waals surface area contributed by atoms with Crippen LogP contribution in [0.4, 0.5) is 16.4 Å². The van der Waals surface area contributed by atoms with Crippen molar-refractivity contribution in [3.05, 3.63) is 56.2 Å². The quantitative estimate of drug-likeness (QED) is 0.471. The van der Waals surface area contributed by atoms with Crippen molar-refractivity contribution in [1.82, 2.24) is 19.4 Å². The van der Waals surface area contributed by atoms with Gasteiger partial charge in [0.1, 0.15) is 17.7 Å². The number of thioether (sulfide) groups is 1. The number of cyclic esters (lactones) is 1. The normalized spacial score (nSPS) is 17.4. The van der Waals surface area contributed by atoms with E-state index in [0.717, 1.165) is 9.46 Å². The fourth-order valence-corrected chi connectivity index (χ4v) is 5.17. The molecule has 0 saturated carbocycles. The molecule has 4 heterocycles. The van der Waals surface area contributed by atoms with Gasteiger partial charge in [-0.25, -0.2) is 14.6 Å². The van der Waals surface area contributed by atoms with Crippen LogP contribution in [-0.4, -0.2) is 57.6 Å². The zero-order valence-electron chi connectivity index (χ0n) is 18.6. The van der Waals surface area contributed by atoms with E-state index in [4.69, 9.17) is 16.3 Å². The molecule has 35 heavy (non-hydrogen) atoms. The summed E-state index contributed by atoms with van der Waals surface area (Å²) in [5.74, 6) is 1.02. The highest BCUT2D eigenvalue weighted by atomic mass is 35.5. The van der Waals surface area contributed by atoms with Crippen molar-refractivity contribution in [2.75, 3.05) is 35.6 Å². The van der Waals surface area contributed by atoms with Crippen molar-refractivity contribution in [3.63, 3.8) is 0 Å². The highest BCUT2D eigenvalue weighted by Gasteiger charge is 2.33. The molecule has 2 amide bonds. The second-order valence-electron chi connectivity index (χ2n) is 8.11. The molecule has 0 radical (unpaired) electrons. The number of anilines is 2. The number of aromatic nitrogens is 3. The number of pyridine rings is 1. The number of para-hydroxylation sites is 1. The number of nitrogens with zero attached hydrogens (tertiary/aromatic N) is 4. The van der Waals surface area contributed by atoms with Crippen LogP contribution in [0.3, 0.4) is 0 Å². The lowest BCUT2D eigenvalue weighted by molar-refractivity contribution is -0.113. The Labute approximate surface area is 208 Å². The zero-order valence-corrected chi connectivity index (χ0v) is 20.2. The van der Waals surface area contributed by atoms with E-state index in [-0.39, 0.29) is 19.0 Å². The van der Waals surface area contributed by atoms with E-state index in [1.807, 2.05) is 6.07 Å². The van der Waals surface area contributed by atoms with E-state index < -0.39 is 23.4 Å². The van der Waals surface area contributed by atoms with Crippen LogP contribution in [0.1, 0.15) is 0 Å². The number of ether oxygens (including phenoxy) is 1. The van der Waals surface area contributed by atoms with Crippen molar-refractivity contribution in [2.24, 2.45) is 7.05 Å². The van der Waals surface area contributed by atoms with Crippen LogP contribution in [0.15, 0.2) is 44.8 Å². The Balaban J connectivity index is 1.22. The number of amides is 2. The standard InChI is InChI=1S/C22H21ClN6O5S/c1-27-18-13(3-2-4-14(18)23)20(31)28(21(27)32)8-7-24-9-12-10-29(22(33)34-12)16-6-5-15-19(25-16)26-17(30)11-35-15/h2-6,12,24H,7-11H2,1H3,(H,25,26,30). The van der Waals surface area contributed by atoms with Gasteiger partial charge < -0.3 is 15.4 Å². The molecule has 1 unspecified atom stereocenters. The molecule has 0 spiro atoms. The Morgan fingerprint density at radius 2 is 2.06 bits per heavy atom. The minimum atomic E-state index is -0.532. The summed E-state index contributed by atoms with van der Waals surface area (Å²) in [6.07, 6.45) is -0.977. The van der Waals surface area contributed by atoms with Gasteiger partial charge in [-0.3, -0.25) is 23.6 Å². The number of hydrogen-bond donors (Lipinski definition) is 2. The third kappa shape index (κ3) is 4.40. The summed E-state index contributed by atoms with van der Waals surface area (Å²) >= 11 is 7.57. The molecule has 1 saturated heterocycles. The minimum Gasteiger partial charge on any atom is -0.443 e. The van der Waals surface area contributed by atoms with Gasteiger partial charge in [-0.05, 0) is 24.3 Å². The topological polar surface area (TPSA) is 128 Å². The number of aryl methyl sites for hydroxylation is 1. The molecule has 2 aliphatic rings. The molecule has 2 aromatic heterocycles. The van der Waals surface area contributed by atoms with Crippen molar-refractivity contribution < 1.29 is 14.3 Å². The van der Waals surface area contributed by atoms with Gasteiger partial charge in [0, 0.05) is 26.7 Å². The Kier molecular flexibility index (Phi) is 6.26. The number of halogens is 1. The molecule has 0 aliphatic carbocycles. The monoisotopic (exact) mass is 516 g/mol. The summed E-state index contributed by atoms with van der Waals surface area (Å²) in [5, 5.41) is 6.56. The Hall–Kier alpha value is -3.35. The van der Waals surface area contributed by atoms with Crippen molar-refractivity contribution in [1.29, 1.82) is 0 Å². The third-order valence-electron chi connectivity index (χ3n) is 5.81. The Morgan fingerprint density at radius 3 is 2.89 bits per heavy atom. The summed E-state index contributed by atoms with van der Waals surface area (Å²) in [4.78, 5) is 56.2. The largest absolute Gasteiger partial charge is 0.443 e. The number of nitrogens with one attached hydrogen (secondary N) is 2. The SMILES string of the molecule is Cn1c(=O)n(CCNCC2CN(c3ccc4c(n3)NC(=O)CS4)C(=O)O2)c(=O)c2cccc(Cl)c21. The number of benzene rings is 1. The van der Waals surface area contributed by atoms with Crippen molar-refractivity contribution in [2.45, 2.75) is 17.5 Å². The van der Waals surface area contributed by atoms with E-state index in [0.29, 0.717) is 46.4 Å². The molecule has 0 bridgehead atoms. The summed E-state index contributed by atoms with van der Waals surface area (Å²) in [6, 6.07) is 8.47. The fraction of sp³-hybridized carbons (Fsp3) is 0.318. The minimum absolute atomic E-state index is 0.137. The summed E-state index contributed by atoms with van der Waals surface area (Å²) < 4.78 is 7.94. The molecule has 1 fully saturated rings. The maximum Gasteiger partial charge on any atom is 0.416 e. The summed E-state index contributed by atoms with van der Waals surface area (Å²) in [6.45, 7) is 1.06. The van der Waals surface area contributed by atoms with Crippen LogP contribution in [0, 0.1) is 0 Å². The smallest absolute Gasteiger partial charge is 0.416 e. The fourth-order valence-electron chi connectivity index (χ4n) is 4.11. The molecule has 1 aromatic carbocycles. The lowest BCUT2D eigenvalue weighted by Crippen LogP contribution is -2.42. The highest BCUT2D eigenvalue weighted by Crippen LogP contribution is 2.32. The predicted molar refractivity (Wildman–Crippen MR) is 133 cm³/mol. The average molecular weight is 517 g/mol. The van der Waals surface area contributed by atoms with Crippen molar-refractivity contribution in [3.8, 4) is 0 Å². The first kappa shape index (κ1) is 23.4. The molecule has 11 nitrogen and oxygen atoms in total. The van der Waals surface area contributed by atoms with Crippen LogP contribution in [0.25, 0.3) is 10.9 Å². The van der Waals surface area contributed by atoms with Gasteiger partial charge in [0.15, 0.2) is 0 Å². The first-order valence-corrected chi connectivity index (χ1v) is 12.2. The van der Waals surface area contributed by atoms with Gasteiger partial charge in [0.05, 0.1) is 33.1 Å². The van der Waals surface area contributed by atoms with Gasteiger partial charge in [-0.15, -0.1) is 11.8 Å².